The molecule has 1 aliphatic heterocycles. The second-order valence-electron chi connectivity index (χ2n) is 3.94. The Balaban J connectivity index is 1.97. The van der Waals surface area contributed by atoms with Crippen LogP contribution in [0.1, 0.15) is 5.56 Å². The molecule has 0 saturated carbocycles. The van der Waals surface area contributed by atoms with E-state index >= 15 is 0 Å². The van der Waals surface area contributed by atoms with Crippen molar-refractivity contribution in [3.05, 3.63) is 29.8 Å². The number of halogens is 1. The van der Waals surface area contributed by atoms with Crippen LogP contribution in [0.15, 0.2) is 18.5 Å². The molecule has 92 valence electrons. The molecule has 0 aliphatic carbocycles. The minimum Gasteiger partial charge on any atom is -0.479 e. The summed E-state index contributed by atoms with van der Waals surface area (Å²) in [5.41, 5.74) is 0.732. The third-order valence-electron chi connectivity index (χ3n) is 2.59. The van der Waals surface area contributed by atoms with Gasteiger partial charge >= 0.3 is 5.97 Å². The number of hydrogen-bond acceptors (Lipinski definition) is 4. The molecule has 0 spiro atoms. The maximum Gasteiger partial charge on any atom is 0.334 e. The van der Waals surface area contributed by atoms with Crippen LogP contribution in [0, 0.1) is 5.82 Å². The number of aromatic nitrogens is 1. The van der Waals surface area contributed by atoms with Crippen molar-refractivity contribution in [2.45, 2.75) is 12.6 Å². The van der Waals surface area contributed by atoms with Crippen LogP contribution >= 0.6 is 0 Å². The van der Waals surface area contributed by atoms with Crippen molar-refractivity contribution in [2.24, 2.45) is 0 Å². The lowest BCUT2D eigenvalue weighted by Gasteiger charge is -2.30. The van der Waals surface area contributed by atoms with Gasteiger partial charge in [-0.25, -0.2) is 9.18 Å². The van der Waals surface area contributed by atoms with E-state index in [-0.39, 0.29) is 5.82 Å². The second-order valence-corrected chi connectivity index (χ2v) is 3.94. The normalized spacial score (nSPS) is 21.4. The number of morpholine rings is 1. The highest BCUT2D eigenvalue weighted by atomic mass is 19.1. The molecule has 0 radical (unpaired) electrons. The third-order valence-corrected chi connectivity index (χ3v) is 2.59. The second kappa shape index (κ2) is 5.20. The van der Waals surface area contributed by atoms with Gasteiger partial charge in [0.25, 0.3) is 0 Å². The molecule has 1 atom stereocenters. The molecule has 1 N–H and O–H groups in total. The molecule has 5 nitrogen and oxygen atoms in total. The number of carbonyl (C=O) groups is 1. The largest absolute Gasteiger partial charge is 0.479 e. The van der Waals surface area contributed by atoms with Crippen LogP contribution in [0.5, 0.6) is 0 Å². The number of ether oxygens (including phenoxy) is 1. The van der Waals surface area contributed by atoms with E-state index in [0.29, 0.717) is 26.2 Å². The average Bonchev–Trinajstić information content (AvgIpc) is 2.29. The highest BCUT2D eigenvalue weighted by Gasteiger charge is 2.26. The van der Waals surface area contributed by atoms with Crippen LogP contribution in [0.25, 0.3) is 0 Å². The van der Waals surface area contributed by atoms with Gasteiger partial charge in [-0.3, -0.25) is 9.88 Å². The molecule has 1 aliphatic rings. The topological polar surface area (TPSA) is 62.7 Å². The highest BCUT2D eigenvalue weighted by Crippen LogP contribution is 2.10. The fourth-order valence-electron chi connectivity index (χ4n) is 1.80. The van der Waals surface area contributed by atoms with Crippen molar-refractivity contribution in [3.8, 4) is 0 Å². The minimum atomic E-state index is -0.966. The zero-order chi connectivity index (χ0) is 12.3. The average molecular weight is 240 g/mol. The van der Waals surface area contributed by atoms with Crippen LogP contribution < -0.4 is 0 Å². The Labute approximate surface area is 97.8 Å². The summed E-state index contributed by atoms with van der Waals surface area (Å²) in [6.07, 6.45) is 1.92. The van der Waals surface area contributed by atoms with Gasteiger partial charge in [-0.05, 0) is 11.6 Å². The van der Waals surface area contributed by atoms with Gasteiger partial charge in [-0.15, -0.1) is 0 Å². The minimum absolute atomic E-state index is 0.311. The summed E-state index contributed by atoms with van der Waals surface area (Å²) in [7, 11) is 0. The standard InChI is InChI=1S/C11H13FN2O3/c12-9-3-8(4-13-5-9)6-14-1-2-17-10(7-14)11(15)16/h3-5,10H,1-2,6-7H2,(H,15,16). The summed E-state index contributed by atoms with van der Waals surface area (Å²) < 4.78 is 18.0. The van der Waals surface area contributed by atoms with Gasteiger partial charge in [0.1, 0.15) is 5.82 Å². The zero-order valence-corrected chi connectivity index (χ0v) is 9.17. The Morgan fingerprint density at radius 3 is 3.18 bits per heavy atom. The van der Waals surface area contributed by atoms with E-state index in [2.05, 4.69) is 4.98 Å². The molecule has 0 amide bonds. The summed E-state index contributed by atoms with van der Waals surface area (Å²) in [5, 5.41) is 8.84. The monoisotopic (exact) mass is 240 g/mol. The molecule has 1 unspecified atom stereocenters. The van der Waals surface area contributed by atoms with Crippen molar-refractivity contribution < 1.29 is 19.0 Å². The van der Waals surface area contributed by atoms with Gasteiger partial charge in [0.05, 0.1) is 12.8 Å². The van der Waals surface area contributed by atoms with E-state index < -0.39 is 12.1 Å². The van der Waals surface area contributed by atoms with Crippen molar-refractivity contribution in [1.29, 1.82) is 0 Å². The van der Waals surface area contributed by atoms with Crippen LogP contribution in [0.3, 0.4) is 0 Å². The zero-order valence-electron chi connectivity index (χ0n) is 9.17. The predicted molar refractivity (Wildman–Crippen MR) is 56.8 cm³/mol. The molecule has 17 heavy (non-hydrogen) atoms. The number of nitrogens with zero attached hydrogens (tertiary/aromatic N) is 2. The first kappa shape index (κ1) is 11.9. The smallest absolute Gasteiger partial charge is 0.334 e. The van der Waals surface area contributed by atoms with Gasteiger partial charge in [0.15, 0.2) is 6.10 Å². The number of pyridine rings is 1. The number of aliphatic carboxylic acids is 1. The van der Waals surface area contributed by atoms with Gasteiger partial charge in [0, 0.05) is 25.8 Å². The fraction of sp³-hybridized carbons (Fsp3) is 0.455. The molecule has 0 aromatic carbocycles. The van der Waals surface area contributed by atoms with Gasteiger partial charge in [-0.2, -0.15) is 0 Å². The fourth-order valence-corrected chi connectivity index (χ4v) is 1.80. The first-order valence-electron chi connectivity index (χ1n) is 5.31. The van der Waals surface area contributed by atoms with Crippen LogP contribution in [0.4, 0.5) is 4.39 Å². The van der Waals surface area contributed by atoms with E-state index in [1.807, 2.05) is 4.90 Å². The molecule has 1 saturated heterocycles. The van der Waals surface area contributed by atoms with Gasteiger partial charge in [-0.1, -0.05) is 0 Å². The van der Waals surface area contributed by atoms with E-state index in [1.165, 1.54) is 6.07 Å². The predicted octanol–water partition coefficient (Wildman–Crippen LogP) is 0.506. The number of rotatable bonds is 3. The SMILES string of the molecule is O=C(O)C1CN(Cc2cncc(F)c2)CCO1. The molecular weight excluding hydrogens is 227 g/mol. The van der Waals surface area contributed by atoms with E-state index in [4.69, 9.17) is 9.84 Å². The van der Waals surface area contributed by atoms with E-state index in [1.54, 1.807) is 6.20 Å². The number of carboxylic acids is 1. The molecule has 6 heteroatoms. The Morgan fingerprint density at radius 2 is 2.47 bits per heavy atom. The summed E-state index contributed by atoms with van der Waals surface area (Å²) in [5.74, 6) is -1.35. The Morgan fingerprint density at radius 1 is 1.65 bits per heavy atom. The summed E-state index contributed by atoms with van der Waals surface area (Å²) in [4.78, 5) is 16.5. The maximum atomic E-state index is 12.9. The maximum absolute atomic E-state index is 12.9. The number of carboxylic acid groups (broad SMARTS) is 1. The first-order chi connectivity index (χ1) is 8.15. The molecule has 0 bridgehead atoms. The van der Waals surface area contributed by atoms with Crippen molar-refractivity contribution in [3.63, 3.8) is 0 Å². The Bertz CT molecular complexity index is 413. The van der Waals surface area contributed by atoms with E-state index in [9.17, 15) is 9.18 Å². The van der Waals surface area contributed by atoms with Crippen molar-refractivity contribution >= 4 is 5.97 Å². The molecule has 2 heterocycles. The van der Waals surface area contributed by atoms with E-state index in [0.717, 1.165) is 11.8 Å². The summed E-state index contributed by atoms with van der Waals surface area (Å²) in [6.45, 7) is 1.81. The van der Waals surface area contributed by atoms with Gasteiger partial charge < -0.3 is 9.84 Å². The van der Waals surface area contributed by atoms with Crippen LogP contribution in [0.2, 0.25) is 0 Å². The Hall–Kier alpha value is -1.53. The molecule has 1 aromatic heterocycles. The van der Waals surface area contributed by atoms with Crippen molar-refractivity contribution in [2.75, 3.05) is 19.7 Å². The quantitative estimate of drug-likeness (QED) is 0.833. The lowest BCUT2D eigenvalue weighted by Crippen LogP contribution is -2.45. The lowest BCUT2D eigenvalue weighted by atomic mass is 10.2. The third kappa shape index (κ3) is 3.21. The summed E-state index contributed by atoms with van der Waals surface area (Å²) >= 11 is 0. The Kier molecular flexibility index (Phi) is 3.65. The first-order valence-corrected chi connectivity index (χ1v) is 5.31. The van der Waals surface area contributed by atoms with Gasteiger partial charge in [0.2, 0.25) is 0 Å². The molecule has 2 rings (SSSR count). The molecular formula is C11H13FN2O3. The van der Waals surface area contributed by atoms with Crippen LogP contribution in [-0.4, -0.2) is 46.8 Å². The highest BCUT2D eigenvalue weighted by molar-refractivity contribution is 5.72. The van der Waals surface area contributed by atoms with Crippen molar-refractivity contribution in [1.82, 2.24) is 9.88 Å². The van der Waals surface area contributed by atoms with Crippen LogP contribution in [-0.2, 0) is 16.1 Å². The summed E-state index contributed by atoms with van der Waals surface area (Å²) in [6, 6.07) is 1.40. The number of hydrogen-bond donors (Lipinski definition) is 1. The lowest BCUT2D eigenvalue weighted by molar-refractivity contribution is -0.156. The molecule has 1 aromatic rings. The molecule has 1 fully saturated rings.